The summed E-state index contributed by atoms with van der Waals surface area (Å²) in [6, 6.07) is 7.60. The van der Waals surface area contributed by atoms with Crippen molar-refractivity contribution in [1.29, 1.82) is 0 Å². The second-order valence-corrected chi connectivity index (χ2v) is 6.22. The summed E-state index contributed by atoms with van der Waals surface area (Å²) in [6.07, 6.45) is 2.69. The van der Waals surface area contributed by atoms with Gasteiger partial charge in [-0.3, -0.25) is 4.79 Å². The van der Waals surface area contributed by atoms with Gasteiger partial charge in [0.1, 0.15) is 0 Å². The molecule has 2 rings (SSSR count). The average Bonchev–Trinajstić information content (AvgIpc) is 2.45. The molecule has 0 bridgehead atoms. The lowest BCUT2D eigenvalue weighted by molar-refractivity contribution is -0.116. The lowest BCUT2D eigenvalue weighted by atomic mass is 9.99. The Kier molecular flexibility index (Phi) is 6.01. The van der Waals surface area contributed by atoms with Crippen molar-refractivity contribution in [3.8, 4) is 0 Å². The van der Waals surface area contributed by atoms with Crippen molar-refractivity contribution in [2.45, 2.75) is 19.3 Å². The van der Waals surface area contributed by atoms with Crippen molar-refractivity contribution in [3.63, 3.8) is 0 Å². The minimum Gasteiger partial charge on any atom is -0.396 e. The van der Waals surface area contributed by atoms with Crippen LogP contribution in [-0.2, 0) is 4.79 Å². The fraction of sp³-hybridized carbons (Fsp3) is 0.533. The number of piperidine rings is 1. The van der Waals surface area contributed by atoms with Crippen LogP contribution in [-0.4, -0.2) is 42.2 Å². The van der Waals surface area contributed by atoms with Gasteiger partial charge in [-0.1, -0.05) is 22.0 Å². The van der Waals surface area contributed by atoms with Gasteiger partial charge in [0.25, 0.3) is 0 Å². The van der Waals surface area contributed by atoms with Gasteiger partial charge < -0.3 is 15.3 Å². The van der Waals surface area contributed by atoms with E-state index in [0.717, 1.165) is 42.6 Å². The Bertz CT molecular complexity index is 453. The van der Waals surface area contributed by atoms with Crippen LogP contribution in [0, 0.1) is 5.92 Å². The van der Waals surface area contributed by atoms with Crippen LogP contribution in [0.2, 0.25) is 0 Å². The number of amides is 1. The maximum atomic E-state index is 11.9. The van der Waals surface area contributed by atoms with Gasteiger partial charge in [0.05, 0.1) is 0 Å². The molecule has 0 saturated carbocycles. The van der Waals surface area contributed by atoms with Gasteiger partial charge >= 0.3 is 0 Å². The average molecular weight is 341 g/mol. The van der Waals surface area contributed by atoms with E-state index in [9.17, 15) is 9.90 Å². The summed E-state index contributed by atoms with van der Waals surface area (Å²) in [5, 5.41) is 12.1. The Hall–Kier alpha value is -0.910. The molecule has 0 aromatic heterocycles. The van der Waals surface area contributed by atoms with E-state index >= 15 is 0 Å². The molecule has 0 radical (unpaired) electrons. The van der Waals surface area contributed by atoms with Crippen LogP contribution in [0.25, 0.3) is 0 Å². The fourth-order valence-electron chi connectivity index (χ4n) is 2.55. The maximum Gasteiger partial charge on any atom is 0.225 e. The zero-order valence-corrected chi connectivity index (χ0v) is 13.1. The summed E-state index contributed by atoms with van der Waals surface area (Å²) in [7, 11) is 0. The van der Waals surface area contributed by atoms with Crippen LogP contribution in [0.4, 0.5) is 5.69 Å². The molecular formula is C15H21BrN2O2. The zero-order chi connectivity index (χ0) is 14.4. The number of nitrogens with zero attached hydrogens (tertiary/aromatic N) is 1. The number of halogens is 1. The summed E-state index contributed by atoms with van der Waals surface area (Å²) in [4.78, 5) is 14.2. The molecule has 1 atom stereocenters. The highest BCUT2D eigenvalue weighted by atomic mass is 79.9. The highest BCUT2D eigenvalue weighted by Crippen LogP contribution is 2.17. The summed E-state index contributed by atoms with van der Waals surface area (Å²) in [5.74, 6) is 0.408. The fourth-order valence-corrected chi connectivity index (χ4v) is 2.95. The van der Waals surface area contributed by atoms with Crippen LogP contribution in [0.5, 0.6) is 0 Å². The summed E-state index contributed by atoms with van der Waals surface area (Å²) < 4.78 is 0.956. The third-order valence-corrected chi connectivity index (χ3v) is 4.12. The van der Waals surface area contributed by atoms with Gasteiger partial charge in [-0.2, -0.15) is 0 Å². The minimum absolute atomic E-state index is 0.0363. The summed E-state index contributed by atoms with van der Waals surface area (Å²) >= 11 is 3.38. The zero-order valence-electron chi connectivity index (χ0n) is 11.5. The molecular weight excluding hydrogens is 320 g/mol. The van der Waals surface area contributed by atoms with Crippen LogP contribution >= 0.6 is 15.9 Å². The van der Waals surface area contributed by atoms with E-state index in [2.05, 4.69) is 26.1 Å². The van der Waals surface area contributed by atoms with E-state index in [4.69, 9.17) is 0 Å². The topological polar surface area (TPSA) is 52.6 Å². The maximum absolute atomic E-state index is 11.9. The number of anilines is 1. The molecule has 1 aromatic carbocycles. The molecule has 110 valence electrons. The van der Waals surface area contributed by atoms with Crippen molar-refractivity contribution >= 4 is 27.5 Å². The number of nitrogens with one attached hydrogen (secondary N) is 1. The Balaban J connectivity index is 1.75. The molecule has 0 spiro atoms. The molecule has 4 nitrogen and oxygen atoms in total. The Morgan fingerprint density at radius 3 is 3.10 bits per heavy atom. The number of aliphatic hydroxyl groups excluding tert-OH is 1. The van der Waals surface area contributed by atoms with Gasteiger partial charge in [-0.25, -0.2) is 0 Å². The van der Waals surface area contributed by atoms with Gasteiger partial charge in [0.15, 0.2) is 0 Å². The predicted molar refractivity (Wildman–Crippen MR) is 83.6 cm³/mol. The van der Waals surface area contributed by atoms with Crippen molar-refractivity contribution in [3.05, 3.63) is 28.7 Å². The first-order valence-electron chi connectivity index (χ1n) is 7.06. The monoisotopic (exact) mass is 340 g/mol. The first-order chi connectivity index (χ1) is 9.67. The number of hydrogen-bond donors (Lipinski definition) is 2. The van der Waals surface area contributed by atoms with Crippen molar-refractivity contribution in [1.82, 2.24) is 4.90 Å². The summed E-state index contributed by atoms with van der Waals surface area (Å²) in [5.41, 5.74) is 0.816. The van der Waals surface area contributed by atoms with Crippen molar-refractivity contribution in [2.75, 3.05) is 31.6 Å². The first-order valence-corrected chi connectivity index (χ1v) is 7.85. The first kappa shape index (κ1) is 15.5. The van der Waals surface area contributed by atoms with Gasteiger partial charge in [-0.05, 0) is 43.5 Å². The Morgan fingerprint density at radius 2 is 2.35 bits per heavy atom. The number of benzene rings is 1. The predicted octanol–water partition coefficient (Wildman–Crippen LogP) is 2.48. The molecule has 20 heavy (non-hydrogen) atoms. The lowest BCUT2D eigenvalue weighted by Crippen LogP contribution is -2.38. The van der Waals surface area contributed by atoms with E-state index < -0.39 is 0 Å². The molecule has 1 aliphatic rings. The molecule has 1 heterocycles. The SMILES string of the molecule is O=C(CCN1CCCC(CO)C1)Nc1cccc(Br)c1. The third-order valence-electron chi connectivity index (χ3n) is 3.62. The Morgan fingerprint density at radius 1 is 1.50 bits per heavy atom. The smallest absolute Gasteiger partial charge is 0.225 e. The number of carbonyl (C=O) groups is 1. The molecule has 1 saturated heterocycles. The molecule has 0 aliphatic carbocycles. The normalized spacial score (nSPS) is 19.8. The van der Waals surface area contributed by atoms with Crippen molar-refractivity contribution in [2.24, 2.45) is 5.92 Å². The number of likely N-dealkylation sites (tertiary alicyclic amines) is 1. The molecule has 1 aliphatic heterocycles. The van der Waals surface area contributed by atoms with Gasteiger partial charge in [0.2, 0.25) is 5.91 Å². The minimum atomic E-state index is 0.0363. The number of aliphatic hydroxyl groups is 1. The molecule has 1 unspecified atom stereocenters. The Labute approximate surface area is 128 Å². The van der Waals surface area contributed by atoms with Crippen LogP contribution in [0.3, 0.4) is 0 Å². The number of carbonyl (C=O) groups excluding carboxylic acids is 1. The molecule has 1 amide bonds. The van der Waals surface area contributed by atoms with E-state index in [1.54, 1.807) is 0 Å². The van der Waals surface area contributed by atoms with E-state index in [1.807, 2.05) is 24.3 Å². The standard InChI is InChI=1S/C15H21BrN2O2/c16-13-4-1-5-14(9-13)17-15(20)6-8-18-7-2-3-12(10-18)11-19/h1,4-5,9,12,19H,2-3,6-8,10-11H2,(H,17,20). The quantitative estimate of drug-likeness (QED) is 0.865. The summed E-state index contributed by atoms with van der Waals surface area (Å²) in [6.45, 7) is 2.94. The molecule has 2 N–H and O–H groups in total. The lowest BCUT2D eigenvalue weighted by Gasteiger charge is -2.31. The third kappa shape index (κ3) is 4.89. The van der Waals surface area contributed by atoms with E-state index in [-0.39, 0.29) is 12.5 Å². The highest BCUT2D eigenvalue weighted by Gasteiger charge is 2.19. The van der Waals surface area contributed by atoms with E-state index in [0.29, 0.717) is 12.3 Å². The second-order valence-electron chi connectivity index (χ2n) is 5.30. The highest BCUT2D eigenvalue weighted by molar-refractivity contribution is 9.10. The largest absolute Gasteiger partial charge is 0.396 e. The van der Waals surface area contributed by atoms with Crippen LogP contribution in [0.1, 0.15) is 19.3 Å². The van der Waals surface area contributed by atoms with Crippen molar-refractivity contribution < 1.29 is 9.90 Å². The van der Waals surface area contributed by atoms with Gasteiger partial charge in [-0.15, -0.1) is 0 Å². The van der Waals surface area contributed by atoms with Gasteiger partial charge in [0, 0.05) is 36.3 Å². The molecule has 5 heteroatoms. The number of rotatable bonds is 5. The van der Waals surface area contributed by atoms with E-state index in [1.165, 1.54) is 0 Å². The van der Waals surface area contributed by atoms with Crippen LogP contribution in [0.15, 0.2) is 28.7 Å². The molecule has 1 fully saturated rings. The van der Waals surface area contributed by atoms with Crippen LogP contribution < -0.4 is 5.32 Å². The second kappa shape index (κ2) is 7.76. The molecule has 1 aromatic rings. The number of hydrogen-bond acceptors (Lipinski definition) is 3.